The van der Waals surface area contributed by atoms with Gasteiger partial charge in [-0.15, -0.1) is 0 Å². The van der Waals surface area contributed by atoms with E-state index in [-0.39, 0.29) is 0 Å². The maximum Gasteiger partial charge on any atom is 0.219 e. The number of rotatable bonds is 7. The van der Waals surface area contributed by atoms with Crippen molar-refractivity contribution in [2.24, 2.45) is 5.92 Å². The Morgan fingerprint density at radius 3 is 2.59 bits per heavy atom. The highest BCUT2D eigenvalue weighted by Crippen LogP contribution is 2.24. The minimum atomic E-state index is 0.576. The highest BCUT2D eigenvalue weighted by Gasteiger charge is 2.34. The van der Waals surface area contributed by atoms with Crippen LogP contribution in [0.1, 0.15) is 13.8 Å². The van der Waals surface area contributed by atoms with Gasteiger partial charge in [-0.1, -0.05) is 19.9 Å². The van der Waals surface area contributed by atoms with Crippen molar-refractivity contribution < 1.29 is 9.47 Å². The van der Waals surface area contributed by atoms with Crippen LogP contribution in [0.2, 0.25) is 0 Å². The standard InChI is InChI=1S/C18H22N2O2/c1-14(2)11-20-12-15(20)13-21-16-6-8-17(9-7-16)22-18-5-3-4-10-19-18/h3-10,14-15H,11-13H2,1-2H3. The third kappa shape index (κ3) is 4.21. The molecule has 2 aromatic rings. The van der Waals surface area contributed by atoms with E-state index in [1.807, 2.05) is 42.5 Å². The van der Waals surface area contributed by atoms with E-state index in [1.165, 1.54) is 0 Å². The number of pyridine rings is 1. The van der Waals surface area contributed by atoms with Gasteiger partial charge in [-0.2, -0.15) is 0 Å². The average molecular weight is 298 g/mol. The van der Waals surface area contributed by atoms with Crippen LogP contribution in [0.3, 0.4) is 0 Å². The lowest BCUT2D eigenvalue weighted by Gasteiger charge is -2.09. The lowest BCUT2D eigenvalue weighted by atomic mass is 10.2. The van der Waals surface area contributed by atoms with Crippen molar-refractivity contribution in [3.05, 3.63) is 48.7 Å². The Hall–Kier alpha value is -2.07. The summed E-state index contributed by atoms with van der Waals surface area (Å²) < 4.78 is 11.5. The molecule has 4 heteroatoms. The van der Waals surface area contributed by atoms with E-state index in [9.17, 15) is 0 Å². The molecule has 2 atom stereocenters. The monoisotopic (exact) mass is 298 g/mol. The van der Waals surface area contributed by atoms with Gasteiger partial charge in [-0.05, 0) is 36.2 Å². The lowest BCUT2D eigenvalue weighted by Crippen LogP contribution is -2.14. The van der Waals surface area contributed by atoms with Crippen LogP contribution in [0.5, 0.6) is 17.4 Å². The van der Waals surface area contributed by atoms with Crippen LogP contribution in [0.15, 0.2) is 48.7 Å². The first-order valence-electron chi connectivity index (χ1n) is 7.76. The van der Waals surface area contributed by atoms with Crippen LogP contribution in [-0.4, -0.2) is 35.6 Å². The number of ether oxygens (including phenoxy) is 2. The van der Waals surface area contributed by atoms with Crippen LogP contribution in [0.4, 0.5) is 0 Å². The van der Waals surface area contributed by atoms with Crippen LogP contribution in [0.25, 0.3) is 0 Å². The highest BCUT2D eigenvalue weighted by atomic mass is 16.5. The molecule has 0 aliphatic carbocycles. The van der Waals surface area contributed by atoms with Gasteiger partial charge in [0, 0.05) is 25.4 Å². The van der Waals surface area contributed by atoms with Crippen molar-refractivity contribution in [1.82, 2.24) is 9.88 Å². The fourth-order valence-corrected chi connectivity index (χ4v) is 2.40. The van der Waals surface area contributed by atoms with Crippen LogP contribution >= 0.6 is 0 Å². The molecule has 0 N–H and O–H groups in total. The van der Waals surface area contributed by atoms with Gasteiger partial charge < -0.3 is 9.47 Å². The topological polar surface area (TPSA) is 34.4 Å². The van der Waals surface area contributed by atoms with Gasteiger partial charge in [0.05, 0.1) is 6.04 Å². The molecule has 1 aromatic carbocycles. The summed E-state index contributed by atoms with van der Waals surface area (Å²) in [5.74, 6) is 2.95. The molecule has 0 spiro atoms. The average Bonchev–Trinajstić information content (AvgIpc) is 3.25. The summed E-state index contributed by atoms with van der Waals surface area (Å²) in [5, 5.41) is 0. The smallest absolute Gasteiger partial charge is 0.219 e. The van der Waals surface area contributed by atoms with Gasteiger partial charge in [-0.25, -0.2) is 4.98 Å². The maximum atomic E-state index is 5.83. The van der Waals surface area contributed by atoms with Gasteiger partial charge in [0.15, 0.2) is 0 Å². The molecule has 3 rings (SSSR count). The summed E-state index contributed by atoms with van der Waals surface area (Å²) in [6.45, 7) is 7.56. The number of hydrogen-bond acceptors (Lipinski definition) is 4. The molecule has 2 heterocycles. The summed E-state index contributed by atoms with van der Waals surface area (Å²) in [5.41, 5.74) is 0. The van der Waals surface area contributed by atoms with E-state index < -0.39 is 0 Å². The van der Waals surface area contributed by atoms with E-state index >= 15 is 0 Å². The number of hydrogen-bond donors (Lipinski definition) is 0. The van der Waals surface area contributed by atoms with Crippen LogP contribution < -0.4 is 9.47 Å². The Bertz CT molecular complexity index is 584. The molecule has 1 aromatic heterocycles. The molecule has 1 saturated heterocycles. The summed E-state index contributed by atoms with van der Waals surface area (Å²) in [6, 6.07) is 13.9. The number of nitrogens with zero attached hydrogens (tertiary/aromatic N) is 2. The summed E-state index contributed by atoms with van der Waals surface area (Å²) in [4.78, 5) is 6.58. The molecule has 1 aliphatic heterocycles. The van der Waals surface area contributed by atoms with Gasteiger partial charge in [0.2, 0.25) is 5.88 Å². The SMILES string of the molecule is CC(C)CN1CC1COc1ccc(Oc2ccccn2)cc1. The molecule has 0 radical (unpaired) electrons. The van der Waals surface area contributed by atoms with Crippen LogP contribution in [0, 0.1) is 5.92 Å². The van der Waals surface area contributed by atoms with E-state index in [4.69, 9.17) is 9.47 Å². The molecular weight excluding hydrogens is 276 g/mol. The zero-order valence-electron chi connectivity index (χ0n) is 13.1. The first-order chi connectivity index (χ1) is 10.7. The maximum absolute atomic E-state index is 5.83. The van der Waals surface area contributed by atoms with Crippen molar-refractivity contribution >= 4 is 0 Å². The first-order valence-corrected chi connectivity index (χ1v) is 7.76. The Morgan fingerprint density at radius 2 is 1.91 bits per heavy atom. The normalized spacial score (nSPS) is 20.0. The molecule has 4 nitrogen and oxygen atoms in total. The second-order valence-corrected chi connectivity index (χ2v) is 6.05. The second kappa shape index (κ2) is 6.79. The zero-order valence-corrected chi connectivity index (χ0v) is 13.1. The van der Waals surface area contributed by atoms with E-state index in [2.05, 4.69) is 23.7 Å². The van der Waals surface area contributed by atoms with Crippen molar-refractivity contribution in [3.63, 3.8) is 0 Å². The van der Waals surface area contributed by atoms with E-state index in [0.717, 1.165) is 31.2 Å². The molecule has 0 saturated carbocycles. The predicted molar refractivity (Wildman–Crippen MR) is 86.4 cm³/mol. The molecule has 116 valence electrons. The third-order valence-electron chi connectivity index (χ3n) is 3.55. The molecule has 1 fully saturated rings. The molecule has 0 bridgehead atoms. The summed E-state index contributed by atoms with van der Waals surface area (Å²) in [6.07, 6.45) is 1.71. The Kier molecular flexibility index (Phi) is 4.59. The molecule has 1 aliphatic rings. The van der Waals surface area contributed by atoms with Gasteiger partial charge in [-0.3, -0.25) is 4.90 Å². The molecule has 0 amide bonds. The van der Waals surface area contributed by atoms with Gasteiger partial charge >= 0.3 is 0 Å². The fourth-order valence-electron chi connectivity index (χ4n) is 2.40. The summed E-state index contributed by atoms with van der Waals surface area (Å²) >= 11 is 0. The predicted octanol–water partition coefficient (Wildman–Crippen LogP) is 3.59. The minimum Gasteiger partial charge on any atom is -0.492 e. The molecule has 22 heavy (non-hydrogen) atoms. The number of benzene rings is 1. The van der Waals surface area contributed by atoms with Crippen molar-refractivity contribution in [3.8, 4) is 17.4 Å². The minimum absolute atomic E-state index is 0.576. The zero-order chi connectivity index (χ0) is 15.4. The van der Waals surface area contributed by atoms with Crippen LogP contribution in [-0.2, 0) is 0 Å². The van der Waals surface area contributed by atoms with Gasteiger partial charge in [0.1, 0.15) is 18.1 Å². The highest BCUT2D eigenvalue weighted by molar-refractivity contribution is 5.33. The molecule has 2 unspecified atom stereocenters. The Morgan fingerprint density at radius 1 is 1.14 bits per heavy atom. The Balaban J connectivity index is 1.46. The molecular formula is C18H22N2O2. The van der Waals surface area contributed by atoms with E-state index in [1.54, 1.807) is 6.20 Å². The number of aromatic nitrogens is 1. The first kappa shape index (κ1) is 14.9. The van der Waals surface area contributed by atoms with Crippen molar-refractivity contribution in [2.45, 2.75) is 19.9 Å². The third-order valence-corrected chi connectivity index (χ3v) is 3.55. The fraction of sp³-hybridized carbons (Fsp3) is 0.389. The van der Waals surface area contributed by atoms with Crippen molar-refractivity contribution in [1.29, 1.82) is 0 Å². The van der Waals surface area contributed by atoms with Crippen molar-refractivity contribution in [2.75, 3.05) is 19.7 Å². The summed E-state index contributed by atoms with van der Waals surface area (Å²) in [7, 11) is 0. The second-order valence-electron chi connectivity index (χ2n) is 6.05. The van der Waals surface area contributed by atoms with Gasteiger partial charge in [0.25, 0.3) is 0 Å². The van der Waals surface area contributed by atoms with E-state index in [0.29, 0.717) is 17.8 Å². The lowest BCUT2D eigenvalue weighted by molar-refractivity contribution is 0.287. The largest absolute Gasteiger partial charge is 0.492 e. The quantitative estimate of drug-likeness (QED) is 0.732. The Labute approximate surface area is 131 Å².